The van der Waals surface area contributed by atoms with E-state index in [1.807, 2.05) is 23.7 Å². The van der Waals surface area contributed by atoms with Crippen LogP contribution in [-0.4, -0.2) is 48.5 Å². The van der Waals surface area contributed by atoms with Gasteiger partial charge in [-0.2, -0.15) is 11.8 Å². The number of amides is 1. The summed E-state index contributed by atoms with van der Waals surface area (Å²) in [5, 5.41) is 3.07. The summed E-state index contributed by atoms with van der Waals surface area (Å²) >= 11 is 2.02. The summed E-state index contributed by atoms with van der Waals surface area (Å²) in [5.41, 5.74) is 0. The smallest absolute Gasteiger partial charge is 0.239 e. The van der Waals surface area contributed by atoms with Crippen molar-refractivity contribution in [1.82, 2.24) is 10.2 Å². The minimum atomic E-state index is 0.0871. The fraction of sp³-hybridized carbons (Fsp3) is 0.900. The van der Waals surface area contributed by atoms with Crippen LogP contribution >= 0.6 is 11.8 Å². The largest absolute Gasteiger partial charge is 0.341 e. The molecule has 0 aromatic carbocycles. The third-order valence-corrected chi connectivity index (χ3v) is 4.38. The quantitative estimate of drug-likeness (QED) is 0.745. The average molecular weight is 214 g/mol. The second-order valence-corrected chi connectivity index (χ2v) is 5.29. The molecule has 1 N–H and O–H groups in total. The zero-order valence-corrected chi connectivity index (χ0v) is 9.48. The Bertz CT molecular complexity index is 216. The summed E-state index contributed by atoms with van der Waals surface area (Å²) in [6, 6.07) is 0.0871. The van der Waals surface area contributed by atoms with Gasteiger partial charge < -0.3 is 10.2 Å². The number of carbonyl (C=O) groups is 1. The lowest BCUT2D eigenvalue weighted by Gasteiger charge is -2.20. The van der Waals surface area contributed by atoms with Crippen LogP contribution in [0.2, 0.25) is 0 Å². The lowest BCUT2D eigenvalue weighted by Crippen LogP contribution is -2.38. The Morgan fingerprint density at radius 3 is 3.00 bits per heavy atom. The van der Waals surface area contributed by atoms with Gasteiger partial charge in [0.05, 0.1) is 6.04 Å². The van der Waals surface area contributed by atoms with Crippen molar-refractivity contribution in [3.63, 3.8) is 0 Å². The fourth-order valence-corrected chi connectivity index (χ4v) is 3.50. The van der Waals surface area contributed by atoms with Crippen molar-refractivity contribution in [1.29, 1.82) is 0 Å². The first-order valence-corrected chi connectivity index (χ1v) is 6.50. The van der Waals surface area contributed by atoms with Crippen molar-refractivity contribution in [2.24, 2.45) is 5.92 Å². The number of nitrogens with one attached hydrogen (secondary N) is 1. The maximum absolute atomic E-state index is 11.8. The second-order valence-electron chi connectivity index (χ2n) is 4.14. The lowest BCUT2D eigenvalue weighted by molar-refractivity contribution is -0.129. The molecule has 80 valence electrons. The van der Waals surface area contributed by atoms with Gasteiger partial charge in [-0.25, -0.2) is 0 Å². The summed E-state index contributed by atoms with van der Waals surface area (Å²) in [6.07, 6.45) is 2.27. The maximum Gasteiger partial charge on any atom is 0.239 e. The van der Waals surface area contributed by atoms with E-state index in [1.54, 1.807) is 0 Å². The molecule has 0 aromatic heterocycles. The van der Waals surface area contributed by atoms with Crippen molar-refractivity contribution in [2.75, 3.05) is 31.6 Å². The monoisotopic (exact) mass is 214 g/mol. The number of rotatable bonds is 3. The van der Waals surface area contributed by atoms with Crippen molar-refractivity contribution in [3.05, 3.63) is 0 Å². The zero-order valence-electron chi connectivity index (χ0n) is 8.66. The number of hydrogen-bond acceptors (Lipinski definition) is 3. The van der Waals surface area contributed by atoms with Gasteiger partial charge in [0.15, 0.2) is 0 Å². The molecule has 0 saturated carbocycles. The van der Waals surface area contributed by atoms with Gasteiger partial charge in [-0.3, -0.25) is 4.79 Å². The summed E-state index contributed by atoms with van der Waals surface area (Å²) in [6.45, 7) is 1.94. The summed E-state index contributed by atoms with van der Waals surface area (Å²) < 4.78 is 0. The topological polar surface area (TPSA) is 32.3 Å². The van der Waals surface area contributed by atoms with Crippen LogP contribution in [0.15, 0.2) is 0 Å². The van der Waals surface area contributed by atoms with Gasteiger partial charge in [0.1, 0.15) is 0 Å². The first kappa shape index (κ1) is 10.3. The second kappa shape index (κ2) is 4.53. The van der Waals surface area contributed by atoms with E-state index >= 15 is 0 Å². The summed E-state index contributed by atoms with van der Waals surface area (Å²) in [5.74, 6) is 3.58. The van der Waals surface area contributed by atoms with Crippen molar-refractivity contribution in [3.8, 4) is 0 Å². The van der Waals surface area contributed by atoms with Crippen molar-refractivity contribution in [2.45, 2.75) is 18.9 Å². The molecule has 3 nitrogen and oxygen atoms in total. The van der Waals surface area contributed by atoms with Crippen LogP contribution < -0.4 is 5.32 Å². The highest BCUT2D eigenvalue weighted by Crippen LogP contribution is 2.25. The molecule has 4 heteroatoms. The normalized spacial score (nSPS) is 32.9. The Kier molecular flexibility index (Phi) is 3.34. The SMILES string of the molecule is CNC1CCN(CC2CCSC2)C1=O. The minimum absolute atomic E-state index is 0.0871. The molecule has 0 bridgehead atoms. The third kappa shape index (κ3) is 2.06. The van der Waals surface area contributed by atoms with E-state index in [0.29, 0.717) is 5.91 Å². The van der Waals surface area contributed by atoms with E-state index in [-0.39, 0.29) is 6.04 Å². The Morgan fingerprint density at radius 2 is 2.43 bits per heavy atom. The molecule has 2 saturated heterocycles. The van der Waals surface area contributed by atoms with Gasteiger partial charge in [0.25, 0.3) is 0 Å². The van der Waals surface area contributed by atoms with Crippen LogP contribution in [0.4, 0.5) is 0 Å². The van der Waals surface area contributed by atoms with Gasteiger partial charge in [-0.15, -0.1) is 0 Å². The Morgan fingerprint density at radius 1 is 1.57 bits per heavy atom. The van der Waals surface area contributed by atoms with Gasteiger partial charge in [-0.05, 0) is 37.3 Å². The molecule has 2 heterocycles. The van der Waals surface area contributed by atoms with Crippen LogP contribution in [0, 0.1) is 5.92 Å². The molecule has 2 fully saturated rings. The van der Waals surface area contributed by atoms with Gasteiger partial charge >= 0.3 is 0 Å². The number of thioether (sulfide) groups is 1. The summed E-state index contributed by atoms with van der Waals surface area (Å²) in [4.78, 5) is 13.8. The first-order chi connectivity index (χ1) is 6.81. The molecule has 2 atom stereocenters. The molecule has 2 unspecified atom stereocenters. The van der Waals surface area contributed by atoms with E-state index in [1.165, 1.54) is 17.9 Å². The fourth-order valence-electron chi connectivity index (χ4n) is 2.23. The molecular formula is C10H18N2OS. The van der Waals surface area contributed by atoms with E-state index in [0.717, 1.165) is 25.4 Å². The van der Waals surface area contributed by atoms with Crippen LogP contribution in [0.3, 0.4) is 0 Å². The Hall–Kier alpha value is -0.220. The predicted molar refractivity (Wildman–Crippen MR) is 59.5 cm³/mol. The number of likely N-dealkylation sites (N-methyl/N-ethyl adjacent to an activating group) is 1. The maximum atomic E-state index is 11.8. The molecule has 0 spiro atoms. The van der Waals surface area contributed by atoms with Crippen LogP contribution in [0.25, 0.3) is 0 Å². The van der Waals surface area contributed by atoms with Crippen LogP contribution in [0.5, 0.6) is 0 Å². The number of carbonyl (C=O) groups excluding carboxylic acids is 1. The Balaban J connectivity index is 1.84. The number of nitrogens with zero attached hydrogens (tertiary/aromatic N) is 1. The van der Waals surface area contributed by atoms with E-state index < -0.39 is 0 Å². The van der Waals surface area contributed by atoms with Crippen LogP contribution in [-0.2, 0) is 4.79 Å². The predicted octanol–water partition coefficient (Wildman–Crippen LogP) is 0.560. The third-order valence-electron chi connectivity index (χ3n) is 3.15. The van der Waals surface area contributed by atoms with Gasteiger partial charge in [-0.1, -0.05) is 0 Å². The molecular weight excluding hydrogens is 196 g/mol. The molecule has 1 amide bonds. The Labute approximate surface area is 89.6 Å². The van der Waals surface area contributed by atoms with Gasteiger partial charge in [0, 0.05) is 13.1 Å². The van der Waals surface area contributed by atoms with E-state index in [2.05, 4.69) is 5.32 Å². The van der Waals surface area contributed by atoms with Crippen LogP contribution in [0.1, 0.15) is 12.8 Å². The standard InChI is InChI=1S/C10H18N2OS/c1-11-9-2-4-12(10(9)13)6-8-3-5-14-7-8/h8-9,11H,2-7H2,1H3. The highest BCUT2D eigenvalue weighted by Gasteiger charge is 2.32. The minimum Gasteiger partial charge on any atom is -0.341 e. The van der Waals surface area contributed by atoms with Crippen molar-refractivity contribution >= 4 is 17.7 Å². The highest BCUT2D eigenvalue weighted by molar-refractivity contribution is 7.99. The average Bonchev–Trinajstić information content (AvgIpc) is 2.79. The molecule has 14 heavy (non-hydrogen) atoms. The lowest BCUT2D eigenvalue weighted by atomic mass is 10.1. The number of likely N-dealkylation sites (tertiary alicyclic amines) is 1. The molecule has 0 radical (unpaired) electrons. The van der Waals surface area contributed by atoms with E-state index in [4.69, 9.17) is 0 Å². The number of hydrogen-bond donors (Lipinski definition) is 1. The zero-order chi connectivity index (χ0) is 9.97. The van der Waals surface area contributed by atoms with Crippen molar-refractivity contribution < 1.29 is 4.79 Å². The first-order valence-electron chi connectivity index (χ1n) is 5.35. The molecule has 0 aromatic rings. The summed E-state index contributed by atoms with van der Waals surface area (Å²) in [7, 11) is 1.87. The molecule has 2 rings (SSSR count). The highest BCUT2D eigenvalue weighted by atomic mass is 32.2. The molecule has 0 aliphatic carbocycles. The van der Waals surface area contributed by atoms with E-state index in [9.17, 15) is 4.79 Å². The molecule has 2 aliphatic rings. The van der Waals surface area contributed by atoms with Gasteiger partial charge in [0.2, 0.25) is 5.91 Å². The molecule has 2 aliphatic heterocycles.